The van der Waals surface area contributed by atoms with E-state index in [4.69, 9.17) is 0 Å². The van der Waals surface area contributed by atoms with Crippen LogP contribution in [0.4, 0.5) is 11.4 Å². The molecule has 0 aliphatic heterocycles. The van der Waals surface area contributed by atoms with Gasteiger partial charge in [0, 0.05) is 31.3 Å². The lowest BCUT2D eigenvalue weighted by atomic mass is 10.0. The van der Waals surface area contributed by atoms with Crippen LogP contribution in [0.3, 0.4) is 0 Å². The molecule has 0 saturated heterocycles. The van der Waals surface area contributed by atoms with E-state index in [-0.39, 0.29) is 11.6 Å². The maximum Gasteiger partial charge on any atom is 0.292 e. The van der Waals surface area contributed by atoms with Crippen LogP contribution in [-0.2, 0) is 6.54 Å². The molecule has 0 unspecified atom stereocenters. The summed E-state index contributed by atoms with van der Waals surface area (Å²) in [7, 11) is 0. The number of anilines is 1. The quantitative estimate of drug-likeness (QED) is 0.406. The van der Waals surface area contributed by atoms with Gasteiger partial charge in [-0.3, -0.25) is 14.9 Å². The van der Waals surface area contributed by atoms with E-state index in [9.17, 15) is 14.9 Å². The number of amides is 1. The molecule has 0 heterocycles. The summed E-state index contributed by atoms with van der Waals surface area (Å²) in [6, 6.07) is 22.1. The lowest BCUT2D eigenvalue weighted by Gasteiger charge is -2.19. The summed E-state index contributed by atoms with van der Waals surface area (Å²) in [6.07, 6.45) is 0. The van der Waals surface area contributed by atoms with Gasteiger partial charge in [0.2, 0.25) is 0 Å². The Balaban J connectivity index is 1.92. The van der Waals surface area contributed by atoms with Crippen LogP contribution < -0.4 is 5.32 Å². The molecule has 6 heteroatoms. The number of rotatable bonds is 8. The lowest BCUT2D eigenvalue weighted by molar-refractivity contribution is -0.384. The van der Waals surface area contributed by atoms with E-state index in [1.165, 1.54) is 6.07 Å². The Kier molecular flexibility index (Phi) is 6.80. The predicted octanol–water partition coefficient (Wildman–Crippen LogP) is 5.36. The fraction of sp³-hybridized carbons (Fsp3) is 0.208. The van der Waals surface area contributed by atoms with Gasteiger partial charge in [0.15, 0.2) is 0 Å². The second kappa shape index (κ2) is 9.69. The zero-order valence-electron chi connectivity index (χ0n) is 17.2. The van der Waals surface area contributed by atoms with Gasteiger partial charge in [-0.2, -0.15) is 0 Å². The minimum absolute atomic E-state index is 0.0186. The summed E-state index contributed by atoms with van der Waals surface area (Å²) in [6.45, 7) is 5.67. The molecular formula is C24H25N3O3. The summed E-state index contributed by atoms with van der Waals surface area (Å²) < 4.78 is 0. The summed E-state index contributed by atoms with van der Waals surface area (Å²) >= 11 is 0. The highest BCUT2D eigenvalue weighted by atomic mass is 16.6. The van der Waals surface area contributed by atoms with Crippen molar-refractivity contribution < 1.29 is 9.72 Å². The highest BCUT2D eigenvalue weighted by molar-refractivity contribution is 5.95. The van der Waals surface area contributed by atoms with Crippen molar-refractivity contribution in [3.05, 3.63) is 94.0 Å². The first-order valence-corrected chi connectivity index (χ1v) is 9.99. The summed E-state index contributed by atoms with van der Waals surface area (Å²) in [5.41, 5.74) is 3.75. The molecule has 0 atom stereocenters. The van der Waals surface area contributed by atoms with Crippen molar-refractivity contribution in [1.29, 1.82) is 0 Å². The van der Waals surface area contributed by atoms with Crippen molar-refractivity contribution in [3.8, 4) is 11.1 Å². The van der Waals surface area contributed by atoms with E-state index >= 15 is 0 Å². The van der Waals surface area contributed by atoms with Gasteiger partial charge in [0.05, 0.1) is 4.92 Å². The first kappa shape index (κ1) is 21.0. The first-order chi connectivity index (χ1) is 14.5. The van der Waals surface area contributed by atoms with Crippen LogP contribution in [0.2, 0.25) is 0 Å². The molecular weight excluding hydrogens is 378 g/mol. The number of hydrogen-bond donors (Lipinski definition) is 1. The fourth-order valence-corrected chi connectivity index (χ4v) is 3.33. The second-order valence-electron chi connectivity index (χ2n) is 6.89. The van der Waals surface area contributed by atoms with Gasteiger partial charge < -0.3 is 10.2 Å². The van der Waals surface area contributed by atoms with Crippen LogP contribution in [-0.4, -0.2) is 28.8 Å². The number of carbonyl (C=O) groups is 1. The van der Waals surface area contributed by atoms with Crippen molar-refractivity contribution in [3.63, 3.8) is 0 Å². The molecule has 1 N–H and O–H groups in total. The lowest BCUT2D eigenvalue weighted by Crippen LogP contribution is -2.30. The normalized spacial score (nSPS) is 10.5. The summed E-state index contributed by atoms with van der Waals surface area (Å²) in [5.74, 6) is -0.0220. The van der Waals surface area contributed by atoms with Crippen LogP contribution >= 0.6 is 0 Å². The van der Waals surface area contributed by atoms with Crippen LogP contribution in [0, 0.1) is 10.1 Å². The minimum Gasteiger partial charge on any atom is -0.375 e. The molecule has 0 fully saturated rings. The van der Waals surface area contributed by atoms with Crippen LogP contribution in [0.15, 0.2) is 72.8 Å². The van der Waals surface area contributed by atoms with Gasteiger partial charge in [-0.05, 0) is 54.8 Å². The first-order valence-electron chi connectivity index (χ1n) is 9.99. The Hall–Kier alpha value is -3.67. The molecule has 154 valence electrons. The van der Waals surface area contributed by atoms with Gasteiger partial charge in [0.25, 0.3) is 11.6 Å². The predicted molar refractivity (Wildman–Crippen MR) is 120 cm³/mol. The van der Waals surface area contributed by atoms with Gasteiger partial charge in [-0.1, -0.05) is 42.5 Å². The second-order valence-corrected chi connectivity index (χ2v) is 6.89. The highest BCUT2D eigenvalue weighted by Gasteiger charge is 2.16. The molecule has 0 aliphatic carbocycles. The third-order valence-corrected chi connectivity index (χ3v) is 5.01. The average molecular weight is 403 g/mol. The Morgan fingerprint density at radius 2 is 1.63 bits per heavy atom. The summed E-state index contributed by atoms with van der Waals surface area (Å²) in [5, 5.41) is 14.7. The number of hydrogen-bond acceptors (Lipinski definition) is 4. The van der Waals surface area contributed by atoms with Crippen molar-refractivity contribution in [2.75, 3.05) is 18.4 Å². The van der Waals surface area contributed by atoms with Gasteiger partial charge in [-0.15, -0.1) is 0 Å². The third kappa shape index (κ3) is 4.84. The molecule has 6 nitrogen and oxygen atoms in total. The molecule has 0 saturated carbocycles. The number of nitro benzene ring substituents is 1. The molecule has 0 bridgehead atoms. The Bertz CT molecular complexity index is 1030. The van der Waals surface area contributed by atoms with Gasteiger partial charge in [0.1, 0.15) is 5.69 Å². The standard InChI is InChI=1S/C24H25N3O3/c1-3-26(4-2)24(28)21-12-8-11-19(15-21)20-13-14-23(27(29)30)22(16-20)25-17-18-9-6-5-7-10-18/h5-16,25H,3-4,17H2,1-2H3. The molecule has 1 amide bonds. The zero-order chi connectivity index (χ0) is 21.5. The molecule has 0 spiro atoms. The topological polar surface area (TPSA) is 75.5 Å². The van der Waals surface area contributed by atoms with Crippen molar-refractivity contribution in [2.24, 2.45) is 0 Å². The molecule has 0 aliphatic rings. The Labute approximate surface area is 176 Å². The van der Waals surface area contributed by atoms with E-state index in [1.807, 2.05) is 62.4 Å². The van der Waals surface area contributed by atoms with E-state index in [2.05, 4.69) is 5.32 Å². The smallest absolute Gasteiger partial charge is 0.292 e. The number of nitro groups is 1. The molecule has 0 radical (unpaired) electrons. The number of benzene rings is 3. The number of carbonyl (C=O) groups excluding carboxylic acids is 1. The Morgan fingerprint density at radius 3 is 2.30 bits per heavy atom. The van der Waals surface area contributed by atoms with Crippen molar-refractivity contribution >= 4 is 17.3 Å². The Morgan fingerprint density at radius 1 is 0.933 bits per heavy atom. The molecule has 3 rings (SSSR count). The zero-order valence-corrected chi connectivity index (χ0v) is 17.2. The van der Waals surface area contributed by atoms with Crippen molar-refractivity contribution in [2.45, 2.75) is 20.4 Å². The largest absolute Gasteiger partial charge is 0.375 e. The number of nitrogens with zero attached hydrogens (tertiary/aromatic N) is 2. The third-order valence-electron chi connectivity index (χ3n) is 5.01. The SMILES string of the molecule is CCN(CC)C(=O)c1cccc(-c2ccc([N+](=O)[O-])c(NCc3ccccc3)c2)c1. The molecule has 3 aromatic carbocycles. The highest BCUT2D eigenvalue weighted by Crippen LogP contribution is 2.31. The molecule has 0 aromatic heterocycles. The number of nitrogens with one attached hydrogen (secondary N) is 1. The molecule has 3 aromatic rings. The van der Waals surface area contributed by atoms with E-state index in [1.54, 1.807) is 23.1 Å². The van der Waals surface area contributed by atoms with Crippen molar-refractivity contribution in [1.82, 2.24) is 4.90 Å². The minimum atomic E-state index is -0.391. The maximum atomic E-state index is 12.7. The summed E-state index contributed by atoms with van der Waals surface area (Å²) in [4.78, 5) is 25.5. The van der Waals surface area contributed by atoms with E-state index < -0.39 is 4.92 Å². The van der Waals surface area contributed by atoms with Gasteiger partial charge in [-0.25, -0.2) is 0 Å². The average Bonchev–Trinajstić information content (AvgIpc) is 2.79. The maximum absolute atomic E-state index is 12.7. The fourth-order valence-electron chi connectivity index (χ4n) is 3.33. The van der Waals surface area contributed by atoms with Crippen LogP contribution in [0.25, 0.3) is 11.1 Å². The molecule has 30 heavy (non-hydrogen) atoms. The van der Waals surface area contributed by atoms with Gasteiger partial charge >= 0.3 is 0 Å². The van der Waals surface area contributed by atoms with Crippen LogP contribution in [0.5, 0.6) is 0 Å². The monoisotopic (exact) mass is 403 g/mol. The van der Waals surface area contributed by atoms with Crippen LogP contribution in [0.1, 0.15) is 29.8 Å². The van der Waals surface area contributed by atoms with E-state index in [0.717, 1.165) is 16.7 Å². The van der Waals surface area contributed by atoms with E-state index in [0.29, 0.717) is 30.9 Å².